The van der Waals surface area contributed by atoms with Gasteiger partial charge in [-0.3, -0.25) is 0 Å². The van der Waals surface area contributed by atoms with Crippen LogP contribution in [0.5, 0.6) is 0 Å². The average Bonchev–Trinajstić information content (AvgIpc) is 2.32. The van der Waals surface area contributed by atoms with Gasteiger partial charge in [-0.1, -0.05) is 26.2 Å². The Morgan fingerprint density at radius 3 is 2.07 bits per heavy atom. The van der Waals surface area contributed by atoms with E-state index in [0.29, 0.717) is 0 Å². The zero-order valence-electron chi connectivity index (χ0n) is 9.81. The molecule has 4 nitrogen and oxygen atoms in total. The molecule has 0 radical (unpaired) electrons. The highest BCUT2D eigenvalue weighted by atomic mass is 15.0. The third kappa shape index (κ3) is 13.3. The van der Waals surface area contributed by atoms with Gasteiger partial charge in [0, 0.05) is 32.7 Å². The number of unbranched alkanes of at least 4 members (excludes halogenated alkanes) is 3. The van der Waals surface area contributed by atoms with Crippen molar-refractivity contribution < 1.29 is 0 Å². The number of hydrogen-bond donors (Lipinski definition) is 3. The lowest BCUT2D eigenvalue weighted by Gasteiger charge is -2.11. The number of rotatable bonds is 5. The molecule has 1 saturated heterocycles. The third-order valence-electron chi connectivity index (χ3n) is 2.16. The van der Waals surface area contributed by atoms with Crippen molar-refractivity contribution in [2.45, 2.75) is 32.6 Å². The van der Waals surface area contributed by atoms with Crippen LogP contribution in [0.4, 0.5) is 0 Å². The van der Waals surface area contributed by atoms with E-state index >= 15 is 0 Å². The smallest absolute Gasteiger partial charge is 0.0861 e. The van der Waals surface area contributed by atoms with Gasteiger partial charge in [0.25, 0.3) is 0 Å². The highest BCUT2D eigenvalue weighted by Crippen LogP contribution is 1.97. The van der Waals surface area contributed by atoms with Crippen LogP contribution in [0.3, 0.4) is 0 Å². The van der Waals surface area contributed by atoms with E-state index < -0.39 is 0 Å². The highest BCUT2D eigenvalue weighted by Gasteiger charge is 1.91. The minimum absolute atomic E-state index is 0.781. The molecule has 0 aromatic carbocycles. The molecule has 1 fully saturated rings. The number of nitrogens with one attached hydrogen (secondary N) is 3. The molecule has 0 unspecified atom stereocenters. The van der Waals surface area contributed by atoms with Crippen LogP contribution < -0.4 is 10.6 Å². The molecule has 1 rings (SSSR count). The molecular weight excluding hydrogens is 188 g/mol. The van der Waals surface area contributed by atoms with E-state index in [-0.39, 0.29) is 0 Å². The van der Waals surface area contributed by atoms with Crippen LogP contribution in [0.1, 0.15) is 32.6 Å². The second-order valence-electron chi connectivity index (χ2n) is 3.55. The van der Waals surface area contributed by atoms with Gasteiger partial charge in [-0.05, 0) is 6.42 Å². The topological polar surface area (TPSA) is 60.3 Å². The van der Waals surface area contributed by atoms with Gasteiger partial charge in [0.05, 0.1) is 6.01 Å². The molecule has 1 aliphatic rings. The monoisotopic (exact) mass is 212 g/mol. The Morgan fingerprint density at radius 2 is 1.67 bits per heavy atom. The summed E-state index contributed by atoms with van der Waals surface area (Å²) in [4.78, 5) is 3.66. The molecule has 3 N–H and O–H groups in total. The Hall–Kier alpha value is -0.700. The van der Waals surface area contributed by atoms with E-state index in [9.17, 15) is 0 Å². The summed E-state index contributed by atoms with van der Waals surface area (Å²) in [5, 5.41) is 12.9. The molecule has 88 valence electrons. The quantitative estimate of drug-likeness (QED) is 0.478. The summed E-state index contributed by atoms with van der Waals surface area (Å²) in [6.07, 6.45) is 4.89. The summed E-state index contributed by atoms with van der Waals surface area (Å²) in [6.45, 7) is 7.52. The largest absolute Gasteiger partial charge is 0.314 e. The van der Waals surface area contributed by atoms with Gasteiger partial charge < -0.3 is 10.6 Å². The Balaban J connectivity index is 0.000000280. The predicted molar refractivity (Wildman–Crippen MR) is 64.9 cm³/mol. The van der Waals surface area contributed by atoms with Crippen LogP contribution in [-0.2, 0) is 0 Å². The molecule has 15 heavy (non-hydrogen) atoms. The summed E-state index contributed by atoms with van der Waals surface area (Å²) in [5.74, 6) is 0. The second kappa shape index (κ2) is 13.3. The number of nitrogens with zero attached hydrogens (tertiary/aromatic N) is 1. The van der Waals surface area contributed by atoms with Crippen molar-refractivity contribution >= 4 is 6.01 Å². The molecule has 0 amide bonds. The number of piperazine rings is 1. The first-order valence-electron chi connectivity index (χ1n) is 5.91. The van der Waals surface area contributed by atoms with E-state index in [0.717, 1.165) is 39.1 Å². The van der Waals surface area contributed by atoms with E-state index in [1.165, 1.54) is 19.3 Å². The van der Waals surface area contributed by atoms with Crippen LogP contribution in [0.15, 0.2) is 4.99 Å². The Labute approximate surface area is 93.1 Å². The van der Waals surface area contributed by atoms with Gasteiger partial charge in [0.1, 0.15) is 0 Å². The molecule has 1 aliphatic heterocycles. The molecule has 0 bridgehead atoms. The molecule has 0 saturated carbocycles. The van der Waals surface area contributed by atoms with E-state index in [1.807, 2.05) is 6.01 Å². The van der Waals surface area contributed by atoms with Crippen LogP contribution in [-0.4, -0.2) is 38.7 Å². The van der Waals surface area contributed by atoms with Crippen molar-refractivity contribution in [2.75, 3.05) is 32.7 Å². The molecule has 0 aromatic heterocycles. The van der Waals surface area contributed by atoms with Gasteiger partial charge in [-0.15, -0.1) is 0 Å². The van der Waals surface area contributed by atoms with E-state index in [2.05, 4.69) is 22.5 Å². The maximum atomic E-state index is 6.47. The van der Waals surface area contributed by atoms with Crippen molar-refractivity contribution in [1.82, 2.24) is 10.6 Å². The summed E-state index contributed by atoms with van der Waals surface area (Å²) < 4.78 is 0. The van der Waals surface area contributed by atoms with E-state index in [1.54, 1.807) is 0 Å². The minimum atomic E-state index is 0.781. The number of aliphatic imine (C=N–C) groups is 1. The Bertz CT molecular complexity index is 148. The summed E-state index contributed by atoms with van der Waals surface area (Å²) in [6, 6.07) is 2.02. The first-order chi connectivity index (χ1) is 7.41. The first kappa shape index (κ1) is 14.3. The standard InChI is InChI=1S/C7H14N2.C4H10N2/c1-2-3-4-5-6-9-7-8;1-2-6-4-3-5-1/h8H,2-6H2,1H3;5-6H,1-4H2. The molecule has 0 aliphatic carbocycles. The Kier molecular flexibility index (Phi) is 12.7. The molecule has 0 spiro atoms. The van der Waals surface area contributed by atoms with E-state index in [4.69, 9.17) is 5.41 Å². The van der Waals surface area contributed by atoms with Crippen molar-refractivity contribution in [3.8, 4) is 0 Å². The van der Waals surface area contributed by atoms with Crippen LogP contribution >= 0.6 is 0 Å². The van der Waals surface area contributed by atoms with Crippen LogP contribution in [0.25, 0.3) is 0 Å². The molecule has 0 atom stereocenters. The fourth-order valence-corrected chi connectivity index (χ4v) is 1.28. The zero-order valence-corrected chi connectivity index (χ0v) is 9.81. The summed E-state index contributed by atoms with van der Waals surface area (Å²) in [5.41, 5.74) is 0. The summed E-state index contributed by atoms with van der Waals surface area (Å²) in [7, 11) is 0. The third-order valence-corrected chi connectivity index (χ3v) is 2.16. The fraction of sp³-hybridized carbons (Fsp3) is 0.909. The lowest BCUT2D eigenvalue weighted by Crippen LogP contribution is -2.39. The van der Waals surface area contributed by atoms with Crippen molar-refractivity contribution in [3.05, 3.63) is 0 Å². The fourth-order valence-electron chi connectivity index (χ4n) is 1.28. The summed E-state index contributed by atoms with van der Waals surface area (Å²) >= 11 is 0. The van der Waals surface area contributed by atoms with Crippen molar-refractivity contribution in [3.63, 3.8) is 0 Å². The van der Waals surface area contributed by atoms with Crippen LogP contribution in [0, 0.1) is 5.41 Å². The highest BCUT2D eigenvalue weighted by molar-refractivity contribution is 5.35. The lowest BCUT2D eigenvalue weighted by atomic mass is 10.2. The molecule has 4 heteroatoms. The van der Waals surface area contributed by atoms with Gasteiger partial charge in [-0.25, -0.2) is 10.4 Å². The van der Waals surface area contributed by atoms with Crippen LogP contribution in [0.2, 0.25) is 0 Å². The average molecular weight is 212 g/mol. The first-order valence-corrected chi connectivity index (χ1v) is 5.91. The zero-order chi connectivity index (χ0) is 11.2. The van der Waals surface area contributed by atoms with Crippen molar-refractivity contribution in [1.29, 1.82) is 5.41 Å². The van der Waals surface area contributed by atoms with Crippen molar-refractivity contribution in [2.24, 2.45) is 4.99 Å². The number of hydrogen-bond acceptors (Lipinski definition) is 4. The molecule has 0 aromatic rings. The maximum absolute atomic E-state index is 6.47. The second-order valence-corrected chi connectivity index (χ2v) is 3.55. The normalized spacial score (nSPS) is 14.7. The van der Waals surface area contributed by atoms with Gasteiger partial charge in [-0.2, -0.15) is 0 Å². The van der Waals surface area contributed by atoms with Gasteiger partial charge in [0.15, 0.2) is 0 Å². The minimum Gasteiger partial charge on any atom is -0.314 e. The van der Waals surface area contributed by atoms with Gasteiger partial charge >= 0.3 is 0 Å². The Morgan fingerprint density at radius 1 is 1.07 bits per heavy atom. The predicted octanol–water partition coefficient (Wildman–Crippen LogP) is 1.50. The molecule has 1 heterocycles. The van der Waals surface area contributed by atoms with Gasteiger partial charge in [0.2, 0.25) is 0 Å². The molecular formula is C11H24N4. The SMILES string of the molecule is C1CNCCN1.CCCCCCN=C=N. The maximum Gasteiger partial charge on any atom is 0.0861 e. The lowest BCUT2D eigenvalue weighted by molar-refractivity contribution is 0.534.